The first-order valence-electron chi connectivity index (χ1n) is 4.49. The fraction of sp³-hybridized carbons (Fsp3) is 0.273. The van der Waals surface area contributed by atoms with Crippen LogP contribution in [0.1, 0.15) is 11.1 Å². The number of ether oxygens (including phenoxy) is 2. The van der Waals surface area contributed by atoms with Crippen LogP contribution in [-0.4, -0.2) is 13.9 Å². The lowest BCUT2D eigenvalue weighted by Gasteiger charge is -2.12. The van der Waals surface area contributed by atoms with E-state index in [1.54, 1.807) is 19.1 Å². The molecular formula is C11H11ClF2O2. The Bertz CT molecular complexity index is 401. The zero-order valence-corrected chi connectivity index (χ0v) is 9.65. The molecule has 0 fully saturated rings. The second-order valence-corrected chi connectivity index (χ2v) is 3.50. The third-order valence-corrected chi connectivity index (χ3v) is 2.24. The van der Waals surface area contributed by atoms with E-state index in [4.69, 9.17) is 21.1 Å². The molecule has 0 aromatic heterocycles. The Morgan fingerprint density at radius 2 is 2.12 bits per heavy atom. The molecule has 0 atom stereocenters. The summed E-state index contributed by atoms with van der Waals surface area (Å²) in [5, 5.41) is 0.213. The normalized spacial score (nSPS) is 10.1. The molecule has 1 rings (SSSR count). The van der Waals surface area contributed by atoms with Crippen LogP contribution in [0.3, 0.4) is 0 Å². The highest BCUT2D eigenvalue weighted by Gasteiger charge is 2.11. The summed E-state index contributed by atoms with van der Waals surface area (Å²) in [5.41, 5.74) is 0.882. The number of halogens is 3. The van der Waals surface area contributed by atoms with Crippen molar-refractivity contribution in [2.45, 2.75) is 6.92 Å². The van der Waals surface area contributed by atoms with Crippen molar-refractivity contribution in [3.8, 4) is 5.75 Å². The lowest BCUT2D eigenvalue weighted by molar-refractivity contribution is 0.0504. The SMILES string of the molecule is COCOc1c(C)ccc(Cl)c1C=C(F)F. The summed E-state index contributed by atoms with van der Waals surface area (Å²) >= 11 is 5.83. The maximum Gasteiger partial charge on any atom is 0.271 e. The van der Waals surface area contributed by atoms with Gasteiger partial charge in [-0.3, -0.25) is 0 Å². The topological polar surface area (TPSA) is 18.5 Å². The Labute approximate surface area is 97.4 Å². The summed E-state index contributed by atoms with van der Waals surface area (Å²) in [4.78, 5) is 0. The minimum atomic E-state index is -1.82. The molecule has 1 aromatic carbocycles. The third kappa shape index (κ3) is 3.18. The highest BCUT2D eigenvalue weighted by molar-refractivity contribution is 6.32. The predicted octanol–water partition coefficient (Wildman–Crippen LogP) is 3.87. The molecule has 2 nitrogen and oxygen atoms in total. The number of hydrogen-bond acceptors (Lipinski definition) is 2. The van der Waals surface area contributed by atoms with Gasteiger partial charge in [0.15, 0.2) is 6.79 Å². The summed E-state index contributed by atoms with van der Waals surface area (Å²) in [6.07, 6.45) is -1.14. The largest absolute Gasteiger partial charge is 0.467 e. The zero-order valence-electron chi connectivity index (χ0n) is 8.89. The van der Waals surface area contributed by atoms with Gasteiger partial charge < -0.3 is 9.47 Å². The predicted molar refractivity (Wildman–Crippen MR) is 58.9 cm³/mol. The highest BCUT2D eigenvalue weighted by Crippen LogP contribution is 2.32. The Balaban J connectivity index is 3.20. The minimum Gasteiger partial charge on any atom is -0.467 e. The average Bonchev–Trinajstić information content (AvgIpc) is 2.22. The molecule has 5 heteroatoms. The fourth-order valence-corrected chi connectivity index (χ4v) is 1.44. The number of benzene rings is 1. The first-order chi connectivity index (χ1) is 7.56. The Kier molecular flexibility index (Phi) is 4.71. The number of hydrogen-bond donors (Lipinski definition) is 0. The summed E-state index contributed by atoms with van der Waals surface area (Å²) in [7, 11) is 1.45. The summed E-state index contributed by atoms with van der Waals surface area (Å²) in [5.74, 6) is 0.308. The van der Waals surface area contributed by atoms with E-state index < -0.39 is 6.08 Å². The van der Waals surface area contributed by atoms with Gasteiger partial charge in [-0.15, -0.1) is 0 Å². The molecule has 0 radical (unpaired) electrons. The summed E-state index contributed by atoms with van der Waals surface area (Å²) in [6.45, 7) is 1.73. The van der Waals surface area contributed by atoms with Gasteiger partial charge in [0.2, 0.25) is 0 Å². The van der Waals surface area contributed by atoms with Gasteiger partial charge in [0, 0.05) is 18.7 Å². The zero-order chi connectivity index (χ0) is 12.1. The van der Waals surface area contributed by atoms with Gasteiger partial charge in [0.25, 0.3) is 6.08 Å². The van der Waals surface area contributed by atoms with E-state index in [1.165, 1.54) is 7.11 Å². The molecule has 88 valence electrons. The van der Waals surface area contributed by atoms with E-state index in [2.05, 4.69) is 0 Å². The van der Waals surface area contributed by atoms with Crippen molar-refractivity contribution < 1.29 is 18.3 Å². The van der Waals surface area contributed by atoms with Crippen LogP contribution >= 0.6 is 11.6 Å². The Hall–Kier alpha value is -1.13. The monoisotopic (exact) mass is 248 g/mol. The Morgan fingerprint density at radius 1 is 1.44 bits per heavy atom. The van der Waals surface area contributed by atoms with Crippen molar-refractivity contribution >= 4 is 17.7 Å². The highest BCUT2D eigenvalue weighted by atomic mass is 35.5. The van der Waals surface area contributed by atoms with Crippen LogP contribution in [0.15, 0.2) is 18.2 Å². The molecule has 0 bridgehead atoms. The molecule has 0 N–H and O–H groups in total. The lowest BCUT2D eigenvalue weighted by Crippen LogP contribution is -2.02. The molecule has 0 aliphatic rings. The smallest absolute Gasteiger partial charge is 0.271 e. The van der Waals surface area contributed by atoms with Crippen LogP contribution in [0.5, 0.6) is 5.75 Å². The van der Waals surface area contributed by atoms with E-state index >= 15 is 0 Å². The van der Waals surface area contributed by atoms with Crippen molar-refractivity contribution in [3.05, 3.63) is 34.4 Å². The summed E-state index contributed by atoms with van der Waals surface area (Å²) < 4.78 is 34.4. The van der Waals surface area contributed by atoms with Gasteiger partial charge >= 0.3 is 0 Å². The van der Waals surface area contributed by atoms with Crippen molar-refractivity contribution in [3.63, 3.8) is 0 Å². The molecule has 1 aromatic rings. The van der Waals surface area contributed by atoms with Crippen LogP contribution in [0.2, 0.25) is 5.02 Å². The molecule has 0 aliphatic heterocycles. The minimum absolute atomic E-state index is 0.0179. The van der Waals surface area contributed by atoms with Gasteiger partial charge in [-0.25, -0.2) is 0 Å². The maximum absolute atomic E-state index is 12.3. The second kappa shape index (κ2) is 5.82. The van der Waals surface area contributed by atoms with Crippen molar-refractivity contribution in [2.75, 3.05) is 13.9 Å². The number of rotatable bonds is 4. The number of methoxy groups -OCH3 is 1. The molecule has 0 unspecified atom stereocenters. The second-order valence-electron chi connectivity index (χ2n) is 3.09. The molecule has 0 amide bonds. The molecule has 0 spiro atoms. The van der Waals surface area contributed by atoms with Crippen LogP contribution < -0.4 is 4.74 Å². The van der Waals surface area contributed by atoms with Gasteiger partial charge in [0.05, 0.1) is 5.02 Å². The fourth-order valence-electron chi connectivity index (χ4n) is 1.24. The molecular weight excluding hydrogens is 238 g/mol. The van der Waals surface area contributed by atoms with E-state index in [9.17, 15) is 8.78 Å². The first-order valence-corrected chi connectivity index (χ1v) is 4.87. The summed E-state index contributed by atoms with van der Waals surface area (Å²) in [6, 6.07) is 3.24. The number of aryl methyl sites for hydroxylation is 1. The maximum atomic E-state index is 12.3. The van der Waals surface area contributed by atoms with Gasteiger partial charge in [-0.1, -0.05) is 17.7 Å². The van der Waals surface area contributed by atoms with E-state index in [0.29, 0.717) is 17.4 Å². The van der Waals surface area contributed by atoms with Crippen LogP contribution in [0.25, 0.3) is 6.08 Å². The Morgan fingerprint density at radius 3 is 2.69 bits per heavy atom. The van der Waals surface area contributed by atoms with Crippen LogP contribution in [0, 0.1) is 6.92 Å². The van der Waals surface area contributed by atoms with Gasteiger partial charge in [0.1, 0.15) is 5.75 Å². The molecule has 0 heterocycles. The van der Waals surface area contributed by atoms with E-state index in [-0.39, 0.29) is 17.4 Å². The van der Waals surface area contributed by atoms with Crippen molar-refractivity contribution in [2.24, 2.45) is 0 Å². The molecule has 0 aliphatic carbocycles. The van der Waals surface area contributed by atoms with Gasteiger partial charge in [-0.05, 0) is 18.6 Å². The van der Waals surface area contributed by atoms with Crippen molar-refractivity contribution in [1.82, 2.24) is 0 Å². The molecule has 0 saturated heterocycles. The third-order valence-electron chi connectivity index (χ3n) is 1.91. The first kappa shape index (κ1) is 12.9. The molecule has 16 heavy (non-hydrogen) atoms. The lowest BCUT2D eigenvalue weighted by atomic mass is 10.1. The standard InChI is InChI=1S/C11H11ClF2O2/c1-7-3-4-9(12)8(5-10(13)14)11(7)16-6-15-2/h3-5H,6H2,1-2H3. The van der Waals surface area contributed by atoms with Crippen LogP contribution in [-0.2, 0) is 4.74 Å². The molecule has 0 saturated carbocycles. The quantitative estimate of drug-likeness (QED) is 0.753. The van der Waals surface area contributed by atoms with E-state index in [0.717, 1.165) is 0 Å². The van der Waals surface area contributed by atoms with Gasteiger partial charge in [-0.2, -0.15) is 8.78 Å². The van der Waals surface area contributed by atoms with Crippen LogP contribution in [0.4, 0.5) is 8.78 Å². The van der Waals surface area contributed by atoms with Crippen molar-refractivity contribution in [1.29, 1.82) is 0 Å². The average molecular weight is 249 g/mol. The van der Waals surface area contributed by atoms with E-state index in [1.807, 2.05) is 0 Å².